The molecule has 0 N–H and O–H groups in total. The van der Waals surface area contributed by atoms with Crippen molar-refractivity contribution in [3.63, 3.8) is 0 Å². The van der Waals surface area contributed by atoms with Gasteiger partial charge >= 0.3 is 288 Å². The van der Waals surface area contributed by atoms with Crippen LogP contribution >= 0.6 is 0 Å². The average Bonchev–Trinajstić information content (AvgIpc) is 3.62. The smallest absolute Gasteiger partial charge is 1.00 e. The second kappa shape index (κ2) is 15.5. The molecule has 0 amide bonds. The van der Waals surface area contributed by atoms with Gasteiger partial charge in [-0.1, -0.05) is 0 Å². The Morgan fingerprint density at radius 3 is 1.58 bits per heavy atom. The van der Waals surface area contributed by atoms with Gasteiger partial charge in [-0.15, -0.1) is 0 Å². The molecule has 0 saturated carbocycles. The number of rotatable bonds is 7. The minimum Gasteiger partial charge on any atom is -1.00 e. The molecule has 0 nitrogen and oxygen atoms in total. The minimum absolute atomic E-state index is 0. The third-order valence-corrected chi connectivity index (χ3v) is 18.0. The van der Waals surface area contributed by atoms with Crippen molar-refractivity contribution in [1.29, 1.82) is 0 Å². The Kier molecular flexibility index (Phi) is 12.4. The van der Waals surface area contributed by atoms with Gasteiger partial charge in [0, 0.05) is 0 Å². The van der Waals surface area contributed by atoms with Crippen LogP contribution in [0, 0.1) is 11.3 Å². The number of benzene rings is 4. The Labute approximate surface area is 310 Å². The maximum atomic E-state index is 14.3. The fourth-order valence-corrected chi connectivity index (χ4v) is 16.7. The Balaban J connectivity index is 0.00000281. The number of fused-ring (bicyclic) bond motifs is 3. The summed E-state index contributed by atoms with van der Waals surface area (Å²) >= 11 is -3.66. The van der Waals surface area contributed by atoms with E-state index in [1.165, 1.54) is 21.0 Å². The summed E-state index contributed by atoms with van der Waals surface area (Å²) in [5.41, 5.74) is 4.42. The molecule has 1 unspecified atom stereocenters. The molecule has 4 aromatic carbocycles. The van der Waals surface area contributed by atoms with Gasteiger partial charge in [0.25, 0.3) is 0 Å². The van der Waals surface area contributed by atoms with Gasteiger partial charge < -0.3 is 24.8 Å². The Morgan fingerprint density at radius 1 is 0.660 bits per heavy atom. The molecule has 0 radical (unpaired) electrons. The number of halogens is 8. The van der Waals surface area contributed by atoms with Crippen LogP contribution in [0.25, 0.3) is 11.1 Å². The number of hydrogen-bond acceptors (Lipinski definition) is 0. The molecule has 50 heavy (non-hydrogen) atoms. The van der Waals surface area contributed by atoms with Gasteiger partial charge in [0.2, 0.25) is 0 Å². The van der Waals surface area contributed by atoms with Crippen LogP contribution in [0.15, 0.2) is 118 Å². The second-order valence-electron chi connectivity index (χ2n) is 13.8. The van der Waals surface area contributed by atoms with Crippen molar-refractivity contribution in [2.45, 2.75) is 62.9 Å². The number of unbranched alkanes of at least 4 members (excludes halogenated alkanes) is 1. The monoisotopic (exact) mass is 804 g/mol. The second-order valence-corrected chi connectivity index (χ2v) is 19.9. The molecule has 0 aliphatic heterocycles. The quantitative estimate of drug-likeness (QED) is 0.191. The maximum absolute atomic E-state index is 14.3. The van der Waals surface area contributed by atoms with Crippen molar-refractivity contribution in [2.24, 2.45) is 11.3 Å². The zero-order valence-corrected chi connectivity index (χ0v) is 32.2. The van der Waals surface area contributed by atoms with E-state index < -0.39 is 44.7 Å². The summed E-state index contributed by atoms with van der Waals surface area (Å²) in [6.45, 7) is 8.60. The van der Waals surface area contributed by atoms with Crippen LogP contribution in [0.4, 0.5) is 26.3 Å². The molecule has 1 atom stereocenters. The summed E-state index contributed by atoms with van der Waals surface area (Å²) in [7, 11) is 0. The number of allylic oxidation sites excluding steroid dienone is 4. The van der Waals surface area contributed by atoms with Crippen molar-refractivity contribution >= 4 is 3.21 Å². The van der Waals surface area contributed by atoms with Gasteiger partial charge in [-0.25, -0.2) is 0 Å². The van der Waals surface area contributed by atoms with Gasteiger partial charge in [0.05, 0.1) is 0 Å². The largest absolute Gasteiger partial charge is 1.00 e. The zero-order chi connectivity index (χ0) is 34.4. The first-order chi connectivity index (χ1) is 22.7. The first-order valence-corrected chi connectivity index (χ1v) is 20.3. The molecule has 6 rings (SSSR count). The summed E-state index contributed by atoms with van der Waals surface area (Å²) < 4.78 is 87.4. The topological polar surface area (TPSA) is 0 Å². The van der Waals surface area contributed by atoms with Gasteiger partial charge in [-0.3, -0.25) is 0 Å². The van der Waals surface area contributed by atoms with Crippen molar-refractivity contribution in [2.75, 3.05) is 0 Å². The first kappa shape index (κ1) is 40.0. The van der Waals surface area contributed by atoms with Gasteiger partial charge in [-0.2, -0.15) is 0 Å². The summed E-state index contributed by atoms with van der Waals surface area (Å²) in [6, 6.07) is 26.8. The van der Waals surface area contributed by atoms with Gasteiger partial charge in [0.1, 0.15) is 0 Å². The first-order valence-electron chi connectivity index (χ1n) is 16.4. The minimum atomic E-state index is -4.61. The summed E-state index contributed by atoms with van der Waals surface area (Å²) in [4.78, 5) is 0. The standard InChI is InChI=1S/C15H8F6.C13H9.C13H21.2ClH.Zr/c16-14(17,18)12-5-1-3-10(8-12)7-11-4-2-6-13(9-11)15(19,20)21;1-3-7-12-10(5-1)9-11-6-2-4-8-13(11)12;1-5-6-7-11-8-9-12(10-11)13(2,3)4;;;/h1-6,8-9H;1-9H;9-11H,5-7H2,1-4H3;2*1H;/q;;;;;+2/p-2. The molecule has 9 heteroatoms. The van der Waals surface area contributed by atoms with Crippen molar-refractivity contribution in [1.82, 2.24) is 0 Å². The molecular weight excluding hydrogens is 769 g/mol. The predicted octanol–water partition coefficient (Wildman–Crippen LogP) is 6.37. The molecule has 0 spiro atoms. The van der Waals surface area contributed by atoms with E-state index in [0.717, 1.165) is 65.8 Å². The Morgan fingerprint density at radius 2 is 1.14 bits per heavy atom. The normalized spacial score (nSPS) is 15.5. The molecule has 0 fully saturated rings. The van der Waals surface area contributed by atoms with E-state index >= 15 is 0 Å². The van der Waals surface area contributed by atoms with Gasteiger partial charge in [-0.05, 0) is 0 Å². The Hall–Kier alpha value is -2.73. The summed E-state index contributed by atoms with van der Waals surface area (Å²) in [6.07, 6.45) is -1.79. The zero-order valence-electron chi connectivity index (χ0n) is 28.2. The molecule has 0 aromatic heterocycles. The molecule has 0 saturated heterocycles. The maximum Gasteiger partial charge on any atom is -1.00 e. The van der Waals surface area contributed by atoms with Crippen molar-refractivity contribution < 1.29 is 72.4 Å². The fraction of sp³-hybridized carbons (Fsp3) is 0.293. The van der Waals surface area contributed by atoms with E-state index in [9.17, 15) is 26.3 Å². The molecule has 2 aliphatic rings. The van der Waals surface area contributed by atoms with E-state index in [1.807, 2.05) is 24.3 Å². The average molecular weight is 807 g/mol. The fourth-order valence-electron chi connectivity index (χ4n) is 7.14. The van der Waals surface area contributed by atoms with Crippen molar-refractivity contribution in [3.8, 4) is 11.1 Å². The third-order valence-electron chi connectivity index (χ3n) is 9.49. The van der Waals surface area contributed by atoms with Crippen LogP contribution < -0.4 is 24.8 Å². The SMILES string of the molecule is CCCCC1C=C(C(C)(C)C)C=[C]1[Zr+2](=[C](c1cccc(C(F)(F)F)c1)c1cccc(C(F)(F)F)c1)[CH]1c2ccccc2-c2ccccc21.[Cl-].[Cl-]. The van der Waals surface area contributed by atoms with Crippen LogP contribution in [0.1, 0.15) is 84.0 Å². The summed E-state index contributed by atoms with van der Waals surface area (Å²) in [5.74, 6) is 0.0556. The molecule has 0 bridgehead atoms. The van der Waals surface area contributed by atoms with E-state index in [1.54, 1.807) is 12.1 Å². The van der Waals surface area contributed by atoms with Crippen molar-refractivity contribution in [3.05, 3.63) is 151 Å². The van der Waals surface area contributed by atoms with Crippen LogP contribution in [-0.4, -0.2) is 3.21 Å². The number of alkyl halides is 6. The Bertz CT molecular complexity index is 1840. The third kappa shape index (κ3) is 8.01. The molecule has 0 heterocycles. The summed E-state index contributed by atoms with van der Waals surface area (Å²) in [5, 5.41) is 0. The molecule has 4 aromatic rings. The van der Waals surface area contributed by atoms with E-state index in [-0.39, 0.29) is 39.8 Å². The van der Waals surface area contributed by atoms with Crippen LogP contribution in [0.2, 0.25) is 0 Å². The van der Waals surface area contributed by atoms with Crippen LogP contribution in [0.5, 0.6) is 0 Å². The van der Waals surface area contributed by atoms with Crippen LogP contribution in [-0.2, 0) is 33.6 Å². The molecular formula is C41H38Cl2F6Zr. The van der Waals surface area contributed by atoms with E-state index in [2.05, 4.69) is 64.1 Å². The molecule has 262 valence electrons. The van der Waals surface area contributed by atoms with Crippen LogP contribution in [0.3, 0.4) is 0 Å². The van der Waals surface area contributed by atoms with E-state index in [4.69, 9.17) is 0 Å². The van der Waals surface area contributed by atoms with E-state index in [0.29, 0.717) is 14.3 Å². The molecule has 2 aliphatic carbocycles. The van der Waals surface area contributed by atoms with Gasteiger partial charge in [0.15, 0.2) is 0 Å². The number of hydrogen-bond donors (Lipinski definition) is 0. The predicted molar refractivity (Wildman–Crippen MR) is 178 cm³/mol.